The number of unbranched alkanes of at least 4 members (excludes halogenated alkanes) is 5. The molecule has 0 unspecified atom stereocenters. The van der Waals surface area contributed by atoms with Gasteiger partial charge in [-0.25, -0.2) is 0 Å². The lowest BCUT2D eigenvalue weighted by atomic mass is 10.1. The van der Waals surface area contributed by atoms with Crippen molar-refractivity contribution in [2.24, 2.45) is 0 Å². The average molecular weight is 209 g/mol. The molecule has 1 aromatic rings. The highest BCUT2D eigenvalue weighted by molar-refractivity contribution is 7.13. The first-order valence-corrected chi connectivity index (χ1v) is 6.48. The standard InChI is InChI=1S/C12H19NS/c1-2-3-4-5-6-7-8-11-9-10-14-12(11)13/h9-10H,2-8H2,1H3. The summed E-state index contributed by atoms with van der Waals surface area (Å²) in [6, 6.07) is 2.03. The summed E-state index contributed by atoms with van der Waals surface area (Å²) in [7, 11) is 0. The van der Waals surface area contributed by atoms with Gasteiger partial charge in [-0.15, -0.1) is 17.1 Å². The summed E-state index contributed by atoms with van der Waals surface area (Å²) in [5.41, 5.74) is 10.5. The van der Waals surface area contributed by atoms with Crippen LogP contribution in [0.4, 0.5) is 5.00 Å². The molecule has 0 spiro atoms. The first-order chi connectivity index (χ1) is 6.84. The molecule has 0 amide bonds. The molecule has 78 valence electrons. The van der Waals surface area contributed by atoms with Crippen LogP contribution in [0.5, 0.6) is 0 Å². The van der Waals surface area contributed by atoms with Gasteiger partial charge in [0.05, 0.1) is 0 Å². The molecule has 0 atom stereocenters. The van der Waals surface area contributed by atoms with Crippen LogP contribution in [0.1, 0.15) is 51.0 Å². The van der Waals surface area contributed by atoms with Gasteiger partial charge in [-0.05, 0) is 29.9 Å². The first-order valence-electron chi connectivity index (χ1n) is 5.60. The molecular formula is C12H19NS. The van der Waals surface area contributed by atoms with Gasteiger partial charge in [-0.2, -0.15) is 0 Å². The Balaban J connectivity index is 2.02. The SMILES string of the molecule is CCCCCCCCc1ccsc1[N]. The second-order valence-electron chi connectivity index (χ2n) is 3.77. The molecule has 0 aliphatic heterocycles. The monoisotopic (exact) mass is 209 g/mol. The number of thiophene rings is 1. The number of hydrogen-bond acceptors (Lipinski definition) is 1. The first kappa shape index (κ1) is 11.6. The fourth-order valence-corrected chi connectivity index (χ4v) is 2.30. The van der Waals surface area contributed by atoms with E-state index in [9.17, 15) is 5.73 Å². The van der Waals surface area contributed by atoms with Gasteiger partial charge in [0, 0.05) is 0 Å². The average Bonchev–Trinajstić information content (AvgIpc) is 2.58. The Morgan fingerprint density at radius 1 is 1.14 bits per heavy atom. The van der Waals surface area contributed by atoms with Gasteiger partial charge < -0.3 is 0 Å². The van der Waals surface area contributed by atoms with Crippen molar-refractivity contribution in [1.82, 2.24) is 5.73 Å². The molecule has 0 aliphatic rings. The Morgan fingerprint density at radius 2 is 1.86 bits per heavy atom. The minimum atomic E-state index is 0.513. The van der Waals surface area contributed by atoms with Crippen LogP contribution in [0.25, 0.3) is 0 Å². The molecule has 1 nitrogen and oxygen atoms in total. The van der Waals surface area contributed by atoms with Gasteiger partial charge >= 0.3 is 0 Å². The molecule has 2 radical (unpaired) electrons. The van der Waals surface area contributed by atoms with E-state index in [4.69, 9.17) is 0 Å². The minimum absolute atomic E-state index is 0.513. The highest BCUT2D eigenvalue weighted by atomic mass is 32.1. The van der Waals surface area contributed by atoms with E-state index >= 15 is 0 Å². The maximum atomic E-state index is 9.41. The maximum absolute atomic E-state index is 9.41. The highest BCUT2D eigenvalue weighted by Gasteiger charge is 2.01. The second-order valence-corrected chi connectivity index (χ2v) is 4.66. The summed E-state index contributed by atoms with van der Waals surface area (Å²) < 4.78 is 0. The Hall–Kier alpha value is -0.500. The van der Waals surface area contributed by atoms with Gasteiger partial charge in [0.25, 0.3) is 0 Å². The Kier molecular flexibility index (Phi) is 5.69. The van der Waals surface area contributed by atoms with Crippen molar-refractivity contribution in [2.75, 3.05) is 0 Å². The number of rotatable bonds is 7. The van der Waals surface area contributed by atoms with E-state index in [2.05, 4.69) is 6.92 Å². The summed E-state index contributed by atoms with van der Waals surface area (Å²) in [5, 5.41) is 2.47. The molecular weight excluding hydrogens is 190 g/mol. The zero-order valence-corrected chi connectivity index (χ0v) is 9.78. The molecule has 0 aliphatic carbocycles. The Morgan fingerprint density at radius 3 is 2.50 bits per heavy atom. The molecule has 0 fully saturated rings. The van der Waals surface area contributed by atoms with E-state index in [1.54, 1.807) is 0 Å². The van der Waals surface area contributed by atoms with Crippen molar-refractivity contribution in [3.63, 3.8) is 0 Å². The van der Waals surface area contributed by atoms with Crippen molar-refractivity contribution in [3.05, 3.63) is 17.0 Å². The van der Waals surface area contributed by atoms with Crippen molar-refractivity contribution in [1.29, 1.82) is 0 Å². The van der Waals surface area contributed by atoms with Gasteiger partial charge in [-0.1, -0.05) is 39.0 Å². The Labute approximate surface area is 91.3 Å². The lowest BCUT2D eigenvalue weighted by molar-refractivity contribution is 0.608. The molecule has 0 bridgehead atoms. The van der Waals surface area contributed by atoms with E-state index in [-0.39, 0.29) is 0 Å². The predicted molar refractivity (Wildman–Crippen MR) is 63.2 cm³/mol. The van der Waals surface area contributed by atoms with Gasteiger partial charge in [0.1, 0.15) is 5.00 Å². The quantitative estimate of drug-likeness (QED) is 0.596. The van der Waals surface area contributed by atoms with E-state index < -0.39 is 0 Å². The summed E-state index contributed by atoms with van der Waals surface area (Å²) in [5.74, 6) is 0. The predicted octanol–water partition coefficient (Wildman–Crippen LogP) is 4.35. The summed E-state index contributed by atoms with van der Waals surface area (Å²) in [6.07, 6.45) is 8.95. The molecule has 0 aromatic carbocycles. The third-order valence-electron chi connectivity index (χ3n) is 2.52. The zero-order chi connectivity index (χ0) is 10.2. The topological polar surface area (TPSA) is 22.3 Å². The number of aryl methyl sites for hydroxylation is 1. The van der Waals surface area contributed by atoms with Crippen LogP contribution in [0.3, 0.4) is 0 Å². The van der Waals surface area contributed by atoms with Crippen molar-refractivity contribution in [2.45, 2.75) is 51.9 Å². The molecule has 0 saturated heterocycles. The molecule has 0 N–H and O–H groups in total. The fourth-order valence-electron chi connectivity index (χ4n) is 1.61. The largest absolute Gasteiger partial charge is 0.142 e. The number of nitrogens with zero attached hydrogens (tertiary/aromatic N) is 1. The number of hydrogen-bond donors (Lipinski definition) is 0. The smallest absolute Gasteiger partial charge is 0.138 e. The van der Waals surface area contributed by atoms with E-state index in [1.165, 1.54) is 49.9 Å². The summed E-state index contributed by atoms with van der Waals surface area (Å²) in [6.45, 7) is 2.24. The molecule has 1 rings (SSSR count). The van der Waals surface area contributed by atoms with Crippen LogP contribution < -0.4 is 5.73 Å². The molecule has 1 aromatic heterocycles. The lowest BCUT2D eigenvalue weighted by Gasteiger charge is -1.99. The maximum Gasteiger partial charge on any atom is 0.142 e. The van der Waals surface area contributed by atoms with Crippen molar-refractivity contribution < 1.29 is 0 Å². The van der Waals surface area contributed by atoms with E-state index in [0.29, 0.717) is 5.00 Å². The van der Waals surface area contributed by atoms with Gasteiger partial charge in [0.15, 0.2) is 0 Å². The van der Waals surface area contributed by atoms with Crippen LogP contribution in [-0.4, -0.2) is 0 Å². The third-order valence-corrected chi connectivity index (χ3v) is 3.28. The van der Waals surface area contributed by atoms with Crippen LogP contribution in [-0.2, 0) is 6.42 Å². The molecule has 14 heavy (non-hydrogen) atoms. The zero-order valence-electron chi connectivity index (χ0n) is 8.96. The molecule has 0 saturated carbocycles. The second kappa shape index (κ2) is 6.88. The van der Waals surface area contributed by atoms with Crippen LogP contribution >= 0.6 is 11.3 Å². The molecule has 2 heteroatoms. The summed E-state index contributed by atoms with van der Waals surface area (Å²) >= 11 is 1.43. The van der Waals surface area contributed by atoms with E-state index in [1.807, 2.05) is 11.4 Å². The van der Waals surface area contributed by atoms with Crippen LogP contribution in [0.15, 0.2) is 11.4 Å². The Bertz CT molecular complexity index is 242. The third kappa shape index (κ3) is 4.14. The lowest BCUT2D eigenvalue weighted by Crippen LogP contribution is -1.84. The van der Waals surface area contributed by atoms with Crippen LogP contribution in [0.2, 0.25) is 0 Å². The van der Waals surface area contributed by atoms with Crippen LogP contribution in [0, 0.1) is 0 Å². The van der Waals surface area contributed by atoms with Gasteiger partial charge in [0.2, 0.25) is 0 Å². The minimum Gasteiger partial charge on any atom is -0.138 e. The highest BCUT2D eigenvalue weighted by Crippen LogP contribution is 2.22. The van der Waals surface area contributed by atoms with Crippen molar-refractivity contribution >= 4 is 16.3 Å². The fraction of sp³-hybridized carbons (Fsp3) is 0.667. The van der Waals surface area contributed by atoms with Crippen molar-refractivity contribution in [3.8, 4) is 0 Å². The summed E-state index contributed by atoms with van der Waals surface area (Å²) in [4.78, 5) is 0. The molecule has 1 heterocycles. The normalized spacial score (nSPS) is 10.6. The van der Waals surface area contributed by atoms with Gasteiger partial charge in [-0.3, -0.25) is 0 Å². The van der Waals surface area contributed by atoms with E-state index in [0.717, 1.165) is 12.0 Å².